The summed E-state index contributed by atoms with van der Waals surface area (Å²) in [6.07, 6.45) is 4.82. The zero-order valence-corrected chi connectivity index (χ0v) is 12.5. The summed E-state index contributed by atoms with van der Waals surface area (Å²) in [5, 5.41) is 4.19. The molecule has 19 heavy (non-hydrogen) atoms. The van der Waals surface area contributed by atoms with Gasteiger partial charge < -0.3 is 10.6 Å². The molecule has 1 heterocycles. The first-order valence-corrected chi connectivity index (χ1v) is 6.80. The Kier molecular flexibility index (Phi) is 5.54. The molecule has 108 valence electrons. The van der Waals surface area contributed by atoms with Crippen LogP contribution < -0.4 is 16.2 Å². The van der Waals surface area contributed by atoms with Crippen molar-refractivity contribution in [2.75, 3.05) is 25.5 Å². The van der Waals surface area contributed by atoms with Crippen molar-refractivity contribution in [2.45, 2.75) is 39.7 Å². The summed E-state index contributed by atoms with van der Waals surface area (Å²) in [5.74, 6) is 0. The molecular formula is C14H26N4O. The first-order chi connectivity index (χ1) is 8.85. The third kappa shape index (κ3) is 5.03. The van der Waals surface area contributed by atoms with Crippen molar-refractivity contribution in [1.29, 1.82) is 0 Å². The smallest absolute Gasteiger partial charge is 0.268 e. The minimum absolute atomic E-state index is 0.0377. The minimum Gasteiger partial charge on any atom is -0.376 e. The quantitative estimate of drug-likeness (QED) is 0.759. The van der Waals surface area contributed by atoms with Gasteiger partial charge in [-0.15, -0.1) is 0 Å². The van der Waals surface area contributed by atoms with Gasteiger partial charge in [0.2, 0.25) is 0 Å². The van der Waals surface area contributed by atoms with Crippen LogP contribution in [0.5, 0.6) is 0 Å². The molecule has 0 aliphatic rings. The molecule has 1 aromatic heterocycles. The average Bonchev–Trinajstić information content (AvgIpc) is 2.36. The zero-order valence-electron chi connectivity index (χ0n) is 12.5. The lowest BCUT2D eigenvalue weighted by molar-refractivity contribution is 0.326. The summed E-state index contributed by atoms with van der Waals surface area (Å²) in [4.78, 5) is 13.7. The number of unbranched alkanes of at least 4 members (excludes halogenated alkanes) is 1. The minimum atomic E-state index is -0.0377. The highest BCUT2D eigenvalue weighted by Gasteiger charge is 2.14. The molecule has 0 aliphatic heterocycles. The SMILES string of the molecule is CN(C)c1cnn(CCCCC(C)(C)CN)c(=O)c1. The fourth-order valence-corrected chi connectivity index (χ4v) is 1.80. The number of nitrogens with zero attached hydrogens (tertiary/aromatic N) is 3. The summed E-state index contributed by atoms with van der Waals surface area (Å²) in [6.45, 7) is 5.71. The van der Waals surface area contributed by atoms with Crippen molar-refractivity contribution in [3.63, 3.8) is 0 Å². The monoisotopic (exact) mass is 266 g/mol. The maximum Gasteiger partial charge on any atom is 0.268 e. The lowest BCUT2D eigenvalue weighted by Crippen LogP contribution is -2.25. The third-order valence-corrected chi connectivity index (χ3v) is 3.40. The van der Waals surface area contributed by atoms with E-state index in [1.165, 1.54) is 4.68 Å². The van der Waals surface area contributed by atoms with Gasteiger partial charge in [0.1, 0.15) is 0 Å². The van der Waals surface area contributed by atoms with E-state index < -0.39 is 0 Å². The number of hydrogen-bond acceptors (Lipinski definition) is 4. The van der Waals surface area contributed by atoms with Crippen LogP contribution in [-0.4, -0.2) is 30.4 Å². The number of hydrogen-bond donors (Lipinski definition) is 1. The molecule has 5 heteroatoms. The number of anilines is 1. The molecule has 0 saturated heterocycles. The Hall–Kier alpha value is -1.36. The van der Waals surface area contributed by atoms with Crippen LogP contribution in [0.15, 0.2) is 17.1 Å². The second-order valence-corrected chi connectivity index (χ2v) is 6.00. The molecule has 5 nitrogen and oxygen atoms in total. The van der Waals surface area contributed by atoms with Crippen molar-refractivity contribution in [2.24, 2.45) is 11.1 Å². The Morgan fingerprint density at radius 2 is 2.05 bits per heavy atom. The molecule has 0 spiro atoms. The molecule has 0 aliphatic carbocycles. The normalized spacial score (nSPS) is 11.6. The highest BCUT2D eigenvalue weighted by molar-refractivity contribution is 5.40. The second-order valence-electron chi connectivity index (χ2n) is 6.00. The molecule has 0 fully saturated rings. The Morgan fingerprint density at radius 3 is 2.58 bits per heavy atom. The van der Waals surface area contributed by atoms with E-state index in [0.29, 0.717) is 13.1 Å². The zero-order chi connectivity index (χ0) is 14.5. The summed E-state index contributed by atoms with van der Waals surface area (Å²) in [7, 11) is 3.80. The van der Waals surface area contributed by atoms with Crippen molar-refractivity contribution in [3.8, 4) is 0 Å². The van der Waals surface area contributed by atoms with Crippen LogP contribution in [-0.2, 0) is 6.54 Å². The molecule has 0 atom stereocenters. The largest absolute Gasteiger partial charge is 0.376 e. The number of rotatable bonds is 7. The van der Waals surface area contributed by atoms with Crippen LogP contribution in [0.25, 0.3) is 0 Å². The molecule has 0 saturated carbocycles. The fourth-order valence-electron chi connectivity index (χ4n) is 1.80. The van der Waals surface area contributed by atoms with Crippen molar-refractivity contribution in [1.82, 2.24) is 9.78 Å². The Morgan fingerprint density at radius 1 is 1.37 bits per heavy atom. The van der Waals surface area contributed by atoms with Gasteiger partial charge in [-0.05, 0) is 24.8 Å². The van der Waals surface area contributed by atoms with Crippen molar-refractivity contribution >= 4 is 5.69 Å². The van der Waals surface area contributed by atoms with Gasteiger partial charge in [-0.25, -0.2) is 4.68 Å². The summed E-state index contributed by atoms with van der Waals surface area (Å²) < 4.78 is 1.53. The van der Waals surface area contributed by atoms with Crippen LogP contribution in [0.1, 0.15) is 33.1 Å². The number of aryl methyl sites for hydroxylation is 1. The van der Waals surface area contributed by atoms with E-state index in [-0.39, 0.29) is 11.0 Å². The third-order valence-electron chi connectivity index (χ3n) is 3.40. The fraction of sp³-hybridized carbons (Fsp3) is 0.714. The molecular weight excluding hydrogens is 240 g/mol. The lowest BCUT2D eigenvalue weighted by Gasteiger charge is -2.21. The van der Waals surface area contributed by atoms with Gasteiger partial charge in [-0.2, -0.15) is 5.10 Å². The molecule has 0 unspecified atom stereocenters. The van der Waals surface area contributed by atoms with Gasteiger partial charge in [0, 0.05) is 26.7 Å². The van der Waals surface area contributed by atoms with E-state index in [4.69, 9.17) is 5.73 Å². The Bertz CT molecular complexity index is 451. The average molecular weight is 266 g/mol. The van der Waals surface area contributed by atoms with Gasteiger partial charge in [0.25, 0.3) is 5.56 Å². The first kappa shape index (κ1) is 15.7. The second kappa shape index (κ2) is 6.70. The van der Waals surface area contributed by atoms with E-state index in [9.17, 15) is 4.79 Å². The maximum atomic E-state index is 11.8. The summed E-state index contributed by atoms with van der Waals surface area (Å²) >= 11 is 0. The van der Waals surface area contributed by atoms with Crippen LogP contribution in [0.3, 0.4) is 0 Å². The molecule has 0 radical (unpaired) electrons. The van der Waals surface area contributed by atoms with Gasteiger partial charge in [-0.1, -0.05) is 20.3 Å². The Labute approximate surface area is 115 Å². The van der Waals surface area contributed by atoms with Gasteiger partial charge in [0.05, 0.1) is 11.9 Å². The maximum absolute atomic E-state index is 11.8. The van der Waals surface area contributed by atoms with E-state index in [0.717, 1.165) is 24.9 Å². The topological polar surface area (TPSA) is 64.2 Å². The van der Waals surface area contributed by atoms with Crippen LogP contribution in [0.2, 0.25) is 0 Å². The predicted octanol–water partition coefficient (Wildman–Crippen LogP) is 1.46. The van der Waals surface area contributed by atoms with Crippen LogP contribution in [0, 0.1) is 5.41 Å². The lowest BCUT2D eigenvalue weighted by atomic mass is 9.87. The molecule has 1 aromatic rings. The van der Waals surface area contributed by atoms with Crippen molar-refractivity contribution in [3.05, 3.63) is 22.6 Å². The standard InChI is InChI=1S/C14H26N4O/c1-14(2,11-15)7-5-6-8-18-13(19)9-12(10-16-18)17(3)4/h9-10H,5-8,11,15H2,1-4H3. The molecule has 0 amide bonds. The van der Waals surface area contributed by atoms with E-state index in [1.54, 1.807) is 12.3 Å². The van der Waals surface area contributed by atoms with E-state index in [2.05, 4.69) is 18.9 Å². The van der Waals surface area contributed by atoms with Gasteiger partial charge in [-0.3, -0.25) is 4.79 Å². The number of aromatic nitrogens is 2. The van der Waals surface area contributed by atoms with Gasteiger partial charge in [0.15, 0.2) is 0 Å². The van der Waals surface area contributed by atoms with Crippen LogP contribution >= 0.6 is 0 Å². The van der Waals surface area contributed by atoms with Gasteiger partial charge >= 0.3 is 0 Å². The summed E-state index contributed by atoms with van der Waals surface area (Å²) in [6, 6.07) is 1.62. The molecule has 0 bridgehead atoms. The predicted molar refractivity (Wildman–Crippen MR) is 79.5 cm³/mol. The number of nitrogens with two attached hydrogens (primary N) is 1. The molecule has 0 aromatic carbocycles. The van der Waals surface area contributed by atoms with E-state index >= 15 is 0 Å². The summed E-state index contributed by atoms with van der Waals surface area (Å²) in [5.41, 5.74) is 6.68. The highest BCUT2D eigenvalue weighted by atomic mass is 16.1. The molecule has 2 N–H and O–H groups in total. The highest BCUT2D eigenvalue weighted by Crippen LogP contribution is 2.21. The molecule has 1 rings (SSSR count). The van der Waals surface area contributed by atoms with Crippen molar-refractivity contribution < 1.29 is 0 Å². The Balaban J connectivity index is 2.49. The first-order valence-electron chi connectivity index (χ1n) is 6.80. The van der Waals surface area contributed by atoms with E-state index in [1.807, 2.05) is 19.0 Å². The van der Waals surface area contributed by atoms with Crippen LogP contribution in [0.4, 0.5) is 5.69 Å².